The first-order valence-electron chi connectivity index (χ1n) is 8.40. The summed E-state index contributed by atoms with van der Waals surface area (Å²) in [5.41, 5.74) is 2.49. The number of nitrogens with zero attached hydrogens (tertiary/aromatic N) is 2. The molecule has 146 valence electrons. The zero-order valence-corrected chi connectivity index (χ0v) is 16.4. The number of aromatic nitrogens is 2. The lowest BCUT2D eigenvalue weighted by atomic mass is 10.1. The van der Waals surface area contributed by atoms with Gasteiger partial charge in [-0.3, -0.25) is 0 Å². The average Bonchev–Trinajstić information content (AvgIpc) is 3.12. The molecule has 0 aliphatic carbocycles. The topological polar surface area (TPSA) is 125 Å². The van der Waals surface area contributed by atoms with Gasteiger partial charge < -0.3 is 9.15 Å². The molecule has 1 unspecified atom stereocenters. The lowest BCUT2D eigenvalue weighted by Crippen LogP contribution is -2.15. The lowest BCUT2D eigenvalue weighted by molar-refractivity contribution is 0.0278. The van der Waals surface area contributed by atoms with Crippen molar-refractivity contribution >= 4 is 16.0 Å². The molecule has 0 spiro atoms. The molecule has 0 aliphatic heterocycles. The lowest BCUT2D eigenvalue weighted by Gasteiger charge is -2.11. The number of ether oxygens (including phenoxy) is 1. The molecular weight excluding hydrogens is 382 g/mol. The Morgan fingerprint density at radius 3 is 2.43 bits per heavy atom. The molecule has 0 saturated heterocycles. The van der Waals surface area contributed by atoms with Gasteiger partial charge in [-0.1, -0.05) is 23.8 Å². The number of hydrogen-bond acceptors (Lipinski definition) is 7. The molecule has 0 amide bonds. The van der Waals surface area contributed by atoms with Crippen LogP contribution in [0.3, 0.4) is 0 Å². The van der Waals surface area contributed by atoms with E-state index in [9.17, 15) is 13.2 Å². The molecule has 1 atom stereocenters. The van der Waals surface area contributed by atoms with Gasteiger partial charge in [0.15, 0.2) is 6.10 Å². The normalized spacial score (nSPS) is 12.6. The van der Waals surface area contributed by atoms with Crippen LogP contribution in [-0.2, 0) is 14.8 Å². The van der Waals surface area contributed by atoms with Crippen LogP contribution in [0, 0.1) is 13.8 Å². The van der Waals surface area contributed by atoms with Gasteiger partial charge in [-0.2, -0.15) is 0 Å². The van der Waals surface area contributed by atoms with E-state index in [4.69, 9.17) is 14.3 Å². The minimum Gasteiger partial charge on any atom is -0.449 e. The molecule has 0 bridgehead atoms. The van der Waals surface area contributed by atoms with E-state index in [2.05, 4.69) is 10.2 Å². The highest BCUT2D eigenvalue weighted by Crippen LogP contribution is 2.24. The third kappa shape index (κ3) is 4.26. The summed E-state index contributed by atoms with van der Waals surface area (Å²) < 4.78 is 34.0. The van der Waals surface area contributed by atoms with Gasteiger partial charge in [0.05, 0.1) is 10.5 Å². The zero-order valence-electron chi connectivity index (χ0n) is 15.5. The first-order chi connectivity index (χ1) is 13.1. The van der Waals surface area contributed by atoms with Crippen LogP contribution in [0.25, 0.3) is 11.5 Å². The molecule has 9 heteroatoms. The number of benzene rings is 2. The highest BCUT2D eigenvalue weighted by Gasteiger charge is 2.22. The van der Waals surface area contributed by atoms with E-state index in [0.717, 1.165) is 11.1 Å². The quantitative estimate of drug-likeness (QED) is 0.651. The van der Waals surface area contributed by atoms with Crippen molar-refractivity contribution in [1.29, 1.82) is 0 Å². The van der Waals surface area contributed by atoms with Crippen LogP contribution in [0.4, 0.5) is 0 Å². The first kappa shape index (κ1) is 19.7. The summed E-state index contributed by atoms with van der Waals surface area (Å²) >= 11 is 0. The van der Waals surface area contributed by atoms with Crippen LogP contribution in [0.1, 0.15) is 40.4 Å². The van der Waals surface area contributed by atoms with Crippen molar-refractivity contribution in [3.05, 3.63) is 65.0 Å². The predicted molar refractivity (Wildman–Crippen MR) is 101 cm³/mol. The van der Waals surface area contributed by atoms with E-state index in [1.54, 1.807) is 13.8 Å². The first-order valence-corrected chi connectivity index (χ1v) is 9.94. The molecule has 28 heavy (non-hydrogen) atoms. The second kappa shape index (κ2) is 7.53. The second-order valence-corrected chi connectivity index (χ2v) is 7.94. The molecule has 2 aromatic carbocycles. The van der Waals surface area contributed by atoms with Gasteiger partial charge in [0, 0.05) is 5.56 Å². The van der Waals surface area contributed by atoms with Crippen molar-refractivity contribution in [2.45, 2.75) is 31.8 Å². The monoisotopic (exact) mass is 401 g/mol. The Labute approximate surface area is 162 Å². The Morgan fingerprint density at radius 1 is 1.11 bits per heavy atom. The molecule has 0 radical (unpaired) electrons. The zero-order chi connectivity index (χ0) is 20.5. The number of carbonyl (C=O) groups is 1. The highest BCUT2D eigenvalue weighted by molar-refractivity contribution is 7.89. The number of nitrogens with two attached hydrogens (primary N) is 1. The van der Waals surface area contributed by atoms with Crippen LogP contribution in [0.2, 0.25) is 0 Å². The standard InChI is InChI=1S/C19H19N3O5S/c1-11-4-7-14(8-5-11)18-22-21-17(27-18)13(3)26-19(23)16-10-15(28(20,24)25)9-6-12(16)2/h4-10,13H,1-3H3,(H2,20,24,25). The second-order valence-electron chi connectivity index (χ2n) is 6.38. The third-order valence-electron chi connectivity index (χ3n) is 4.13. The smallest absolute Gasteiger partial charge is 0.339 e. The number of carbonyl (C=O) groups excluding carboxylic acids is 1. The van der Waals surface area contributed by atoms with Crippen molar-refractivity contribution in [2.24, 2.45) is 5.14 Å². The van der Waals surface area contributed by atoms with Gasteiger partial charge in [0.1, 0.15) is 0 Å². The summed E-state index contributed by atoms with van der Waals surface area (Å²) in [5, 5.41) is 13.0. The van der Waals surface area contributed by atoms with Gasteiger partial charge in [-0.15, -0.1) is 10.2 Å². The van der Waals surface area contributed by atoms with Crippen molar-refractivity contribution < 1.29 is 22.4 Å². The molecule has 8 nitrogen and oxygen atoms in total. The van der Waals surface area contributed by atoms with E-state index in [1.807, 2.05) is 31.2 Å². The maximum atomic E-state index is 12.5. The number of rotatable bonds is 5. The van der Waals surface area contributed by atoms with Crippen LogP contribution in [-0.4, -0.2) is 24.6 Å². The number of sulfonamides is 1. The fourth-order valence-corrected chi connectivity index (χ4v) is 3.02. The Kier molecular flexibility index (Phi) is 5.30. The SMILES string of the molecule is Cc1ccc(-c2nnc(C(C)OC(=O)c3cc(S(N)(=O)=O)ccc3C)o2)cc1. The van der Waals surface area contributed by atoms with Gasteiger partial charge >= 0.3 is 5.97 Å². The largest absolute Gasteiger partial charge is 0.449 e. The van der Waals surface area contributed by atoms with Gasteiger partial charge in [0.25, 0.3) is 5.89 Å². The van der Waals surface area contributed by atoms with Crippen molar-refractivity contribution in [1.82, 2.24) is 10.2 Å². The van der Waals surface area contributed by atoms with Gasteiger partial charge in [-0.05, 0) is 50.6 Å². The Morgan fingerprint density at radius 2 is 1.79 bits per heavy atom. The Hall–Kier alpha value is -3.04. The minimum atomic E-state index is -3.94. The maximum absolute atomic E-state index is 12.5. The van der Waals surface area contributed by atoms with Gasteiger partial charge in [0.2, 0.25) is 15.9 Å². The van der Waals surface area contributed by atoms with Crippen LogP contribution in [0.5, 0.6) is 0 Å². The van der Waals surface area contributed by atoms with E-state index in [0.29, 0.717) is 11.5 Å². The van der Waals surface area contributed by atoms with Crippen LogP contribution < -0.4 is 5.14 Å². The Balaban J connectivity index is 1.79. The van der Waals surface area contributed by atoms with Crippen LogP contribution >= 0.6 is 0 Å². The van der Waals surface area contributed by atoms with E-state index < -0.39 is 22.1 Å². The van der Waals surface area contributed by atoms with Crippen LogP contribution in [0.15, 0.2) is 51.8 Å². The molecule has 0 aliphatic rings. The summed E-state index contributed by atoms with van der Waals surface area (Å²) in [6.45, 7) is 5.22. The molecule has 3 aromatic rings. The summed E-state index contributed by atoms with van der Waals surface area (Å²) in [5.74, 6) is -0.278. The highest BCUT2D eigenvalue weighted by atomic mass is 32.2. The van der Waals surface area contributed by atoms with E-state index in [1.165, 1.54) is 18.2 Å². The van der Waals surface area contributed by atoms with Crippen molar-refractivity contribution in [3.8, 4) is 11.5 Å². The molecule has 1 aromatic heterocycles. The predicted octanol–water partition coefficient (Wildman–Crippen LogP) is 2.92. The van der Waals surface area contributed by atoms with Crippen molar-refractivity contribution in [3.63, 3.8) is 0 Å². The van der Waals surface area contributed by atoms with E-state index in [-0.39, 0.29) is 16.3 Å². The Bertz CT molecular complexity index is 1120. The summed E-state index contributed by atoms with van der Waals surface area (Å²) in [6, 6.07) is 11.6. The molecular formula is C19H19N3O5S. The fraction of sp³-hybridized carbons (Fsp3) is 0.211. The third-order valence-corrected chi connectivity index (χ3v) is 5.04. The number of hydrogen-bond donors (Lipinski definition) is 1. The maximum Gasteiger partial charge on any atom is 0.339 e. The molecule has 1 heterocycles. The van der Waals surface area contributed by atoms with Crippen molar-refractivity contribution in [2.75, 3.05) is 0 Å². The number of primary sulfonamides is 1. The molecule has 0 fully saturated rings. The molecule has 2 N–H and O–H groups in total. The summed E-state index contributed by atoms with van der Waals surface area (Å²) in [7, 11) is -3.94. The minimum absolute atomic E-state index is 0.0941. The number of aryl methyl sites for hydroxylation is 2. The molecule has 0 saturated carbocycles. The van der Waals surface area contributed by atoms with E-state index >= 15 is 0 Å². The summed E-state index contributed by atoms with van der Waals surface area (Å²) in [6.07, 6.45) is -0.822. The molecule has 3 rings (SSSR count). The van der Waals surface area contributed by atoms with Gasteiger partial charge in [-0.25, -0.2) is 18.4 Å². The average molecular weight is 401 g/mol. The fourth-order valence-electron chi connectivity index (χ4n) is 2.48. The number of esters is 1. The summed E-state index contributed by atoms with van der Waals surface area (Å²) in [4.78, 5) is 12.3.